The monoisotopic (exact) mass is 339 g/mol. The molecule has 0 atom stereocenters. The zero-order chi connectivity index (χ0) is 17.8. The summed E-state index contributed by atoms with van der Waals surface area (Å²) in [5, 5.41) is 0.759. The van der Waals surface area contributed by atoms with E-state index in [9.17, 15) is 4.79 Å². The van der Waals surface area contributed by atoms with Crippen molar-refractivity contribution in [1.29, 1.82) is 0 Å². The molecular weight excluding hydrogens is 322 g/mol. The molecule has 7 nitrogen and oxygen atoms in total. The van der Waals surface area contributed by atoms with Crippen LogP contribution in [0.5, 0.6) is 11.5 Å². The largest absolute Gasteiger partial charge is 0.497 e. The van der Waals surface area contributed by atoms with Crippen molar-refractivity contribution >= 4 is 22.7 Å². The van der Waals surface area contributed by atoms with Gasteiger partial charge in [-0.2, -0.15) is 0 Å². The summed E-state index contributed by atoms with van der Waals surface area (Å²) in [6.07, 6.45) is 0. The molecule has 0 radical (unpaired) electrons. The summed E-state index contributed by atoms with van der Waals surface area (Å²) in [7, 11) is 3.01. The van der Waals surface area contributed by atoms with Crippen LogP contribution in [0.4, 0.5) is 5.82 Å². The van der Waals surface area contributed by atoms with Crippen LogP contribution >= 0.6 is 0 Å². The predicted molar refractivity (Wildman–Crippen MR) is 92.6 cm³/mol. The normalized spacial score (nSPS) is 10.5. The van der Waals surface area contributed by atoms with Crippen LogP contribution in [0.3, 0.4) is 0 Å². The molecule has 0 amide bonds. The SMILES string of the molecule is COc1ccc(C(=O)OCc2nc(N)c3ccccc3n2)c(OC)c1. The van der Waals surface area contributed by atoms with Crippen molar-refractivity contribution in [2.45, 2.75) is 6.61 Å². The van der Waals surface area contributed by atoms with E-state index in [0.29, 0.717) is 28.7 Å². The molecule has 0 aliphatic rings. The Bertz CT molecular complexity index is 927. The first-order chi connectivity index (χ1) is 12.1. The molecule has 0 saturated carbocycles. The van der Waals surface area contributed by atoms with Gasteiger partial charge in [0.25, 0.3) is 0 Å². The number of hydrogen-bond acceptors (Lipinski definition) is 7. The average Bonchev–Trinajstić information content (AvgIpc) is 2.65. The van der Waals surface area contributed by atoms with E-state index in [1.54, 1.807) is 18.2 Å². The van der Waals surface area contributed by atoms with Gasteiger partial charge in [0, 0.05) is 11.5 Å². The zero-order valence-corrected chi connectivity index (χ0v) is 13.9. The average molecular weight is 339 g/mol. The molecule has 25 heavy (non-hydrogen) atoms. The third kappa shape index (κ3) is 3.45. The van der Waals surface area contributed by atoms with Crippen molar-refractivity contribution in [3.8, 4) is 11.5 Å². The van der Waals surface area contributed by atoms with E-state index >= 15 is 0 Å². The van der Waals surface area contributed by atoms with Crippen molar-refractivity contribution in [3.05, 3.63) is 53.9 Å². The molecule has 1 heterocycles. The number of aromatic nitrogens is 2. The Balaban J connectivity index is 1.79. The number of rotatable bonds is 5. The minimum absolute atomic E-state index is 0.0942. The quantitative estimate of drug-likeness (QED) is 0.714. The predicted octanol–water partition coefficient (Wildman–Crippen LogP) is 2.59. The zero-order valence-electron chi connectivity index (χ0n) is 13.9. The van der Waals surface area contributed by atoms with Gasteiger partial charge in [-0.1, -0.05) is 12.1 Å². The number of esters is 1. The highest BCUT2D eigenvalue weighted by atomic mass is 16.5. The van der Waals surface area contributed by atoms with E-state index in [1.807, 2.05) is 24.3 Å². The molecule has 1 aromatic heterocycles. The molecule has 0 bridgehead atoms. The van der Waals surface area contributed by atoms with E-state index in [2.05, 4.69) is 9.97 Å². The molecule has 3 aromatic rings. The van der Waals surface area contributed by atoms with Gasteiger partial charge in [-0.3, -0.25) is 0 Å². The molecule has 7 heteroatoms. The van der Waals surface area contributed by atoms with Gasteiger partial charge in [0.2, 0.25) is 0 Å². The van der Waals surface area contributed by atoms with Gasteiger partial charge in [-0.25, -0.2) is 14.8 Å². The fraction of sp³-hybridized carbons (Fsp3) is 0.167. The number of nitrogens with two attached hydrogens (primary N) is 1. The van der Waals surface area contributed by atoms with Crippen molar-refractivity contribution in [2.75, 3.05) is 20.0 Å². The first-order valence-electron chi connectivity index (χ1n) is 7.52. The van der Waals surface area contributed by atoms with Gasteiger partial charge >= 0.3 is 5.97 Å². The minimum Gasteiger partial charge on any atom is -0.497 e. The van der Waals surface area contributed by atoms with Gasteiger partial charge < -0.3 is 19.9 Å². The van der Waals surface area contributed by atoms with E-state index < -0.39 is 5.97 Å². The second-order valence-electron chi connectivity index (χ2n) is 5.18. The van der Waals surface area contributed by atoms with Gasteiger partial charge in [-0.05, 0) is 24.3 Å². The van der Waals surface area contributed by atoms with E-state index in [1.165, 1.54) is 14.2 Å². The number of methoxy groups -OCH3 is 2. The van der Waals surface area contributed by atoms with Crippen molar-refractivity contribution in [3.63, 3.8) is 0 Å². The molecule has 0 aliphatic carbocycles. The van der Waals surface area contributed by atoms with E-state index in [-0.39, 0.29) is 12.2 Å². The van der Waals surface area contributed by atoms with Crippen molar-refractivity contribution in [1.82, 2.24) is 9.97 Å². The smallest absolute Gasteiger partial charge is 0.342 e. The molecule has 3 rings (SSSR count). The summed E-state index contributed by atoms with van der Waals surface area (Å²) in [6.45, 7) is -0.0942. The molecular formula is C18H17N3O4. The van der Waals surface area contributed by atoms with Gasteiger partial charge in [0.05, 0.1) is 19.7 Å². The molecule has 0 saturated heterocycles. The molecule has 2 aromatic carbocycles. The Labute approximate surface area is 144 Å². The summed E-state index contributed by atoms with van der Waals surface area (Å²) in [4.78, 5) is 20.8. The van der Waals surface area contributed by atoms with E-state index in [0.717, 1.165) is 5.39 Å². The highest BCUT2D eigenvalue weighted by Gasteiger charge is 2.16. The van der Waals surface area contributed by atoms with Gasteiger partial charge in [0.1, 0.15) is 22.9 Å². The van der Waals surface area contributed by atoms with E-state index in [4.69, 9.17) is 19.9 Å². The number of nitrogens with zero attached hydrogens (tertiary/aromatic N) is 2. The lowest BCUT2D eigenvalue weighted by molar-refractivity contribution is 0.0459. The molecule has 0 spiro atoms. The third-order valence-electron chi connectivity index (χ3n) is 3.64. The number of benzene rings is 2. The van der Waals surface area contributed by atoms with Gasteiger partial charge in [0.15, 0.2) is 12.4 Å². The maximum atomic E-state index is 12.3. The van der Waals surface area contributed by atoms with Crippen LogP contribution in [0.25, 0.3) is 10.9 Å². The number of ether oxygens (including phenoxy) is 3. The fourth-order valence-corrected chi connectivity index (χ4v) is 2.39. The van der Waals surface area contributed by atoms with Crippen LogP contribution in [0.15, 0.2) is 42.5 Å². The number of hydrogen-bond donors (Lipinski definition) is 1. The maximum Gasteiger partial charge on any atom is 0.342 e. The third-order valence-corrected chi connectivity index (χ3v) is 3.64. The van der Waals surface area contributed by atoms with Crippen LogP contribution in [0.1, 0.15) is 16.2 Å². The van der Waals surface area contributed by atoms with Crippen LogP contribution in [0.2, 0.25) is 0 Å². The topological polar surface area (TPSA) is 96.6 Å². The number of fused-ring (bicyclic) bond motifs is 1. The molecule has 128 valence electrons. The summed E-state index contributed by atoms with van der Waals surface area (Å²) < 4.78 is 15.6. The number of para-hydroxylation sites is 1. The highest BCUT2D eigenvalue weighted by Crippen LogP contribution is 2.25. The molecule has 2 N–H and O–H groups in total. The first kappa shape index (κ1) is 16.5. The highest BCUT2D eigenvalue weighted by molar-refractivity contribution is 5.93. The summed E-state index contributed by atoms with van der Waals surface area (Å²) in [5.41, 5.74) is 6.91. The Hall–Kier alpha value is -3.35. The number of anilines is 1. The summed E-state index contributed by atoms with van der Waals surface area (Å²) in [5.74, 6) is 1.08. The number of carbonyl (C=O) groups is 1. The lowest BCUT2D eigenvalue weighted by Gasteiger charge is -2.10. The van der Waals surface area contributed by atoms with Gasteiger partial charge in [-0.15, -0.1) is 0 Å². The Morgan fingerprint density at radius 3 is 2.64 bits per heavy atom. The van der Waals surface area contributed by atoms with Crippen LogP contribution < -0.4 is 15.2 Å². The second kappa shape index (κ2) is 7.04. The summed E-state index contributed by atoms with van der Waals surface area (Å²) in [6, 6.07) is 12.2. The summed E-state index contributed by atoms with van der Waals surface area (Å²) >= 11 is 0. The minimum atomic E-state index is -0.546. The Morgan fingerprint density at radius 1 is 1.08 bits per heavy atom. The van der Waals surface area contributed by atoms with Crippen LogP contribution in [-0.4, -0.2) is 30.2 Å². The fourth-order valence-electron chi connectivity index (χ4n) is 2.39. The molecule has 0 unspecified atom stereocenters. The maximum absolute atomic E-state index is 12.3. The lowest BCUT2D eigenvalue weighted by Crippen LogP contribution is -2.10. The van der Waals surface area contributed by atoms with Crippen LogP contribution in [-0.2, 0) is 11.3 Å². The molecule has 0 fully saturated rings. The standard InChI is InChI=1S/C18H17N3O4/c1-23-11-7-8-13(15(9-11)24-2)18(22)25-10-16-20-14-6-4-3-5-12(14)17(19)21-16/h3-9H,10H2,1-2H3,(H2,19,20,21). The van der Waals surface area contributed by atoms with Crippen molar-refractivity contribution in [2.24, 2.45) is 0 Å². The number of carbonyl (C=O) groups excluding carboxylic acids is 1. The van der Waals surface area contributed by atoms with Crippen molar-refractivity contribution < 1.29 is 19.0 Å². The van der Waals surface area contributed by atoms with Crippen LogP contribution in [0, 0.1) is 0 Å². The number of nitrogen functional groups attached to an aromatic ring is 1. The Morgan fingerprint density at radius 2 is 1.88 bits per heavy atom. The Kier molecular flexibility index (Phi) is 4.65. The lowest BCUT2D eigenvalue weighted by atomic mass is 10.2. The molecule has 0 aliphatic heterocycles. The second-order valence-corrected chi connectivity index (χ2v) is 5.18. The first-order valence-corrected chi connectivity index (χ1v) is 7.52.